The van der Waals surface area contributed by atoms with E-state index in [9.17, 15) is 0 Å². The van der Waals surface area contributed by atoms with Crippen LogP contribution in [0.25, 0.3) is 0 Å². The van der Waals surface area contributed by atoms with Gasteiger partial charge in [0.05, 0.1) is 7.11 Å². The van der Waals surface area contributed by atoms with Crippen LogP contribution in [0.1, 0.15) is 0 Å². The van der Waals surface area contributed by atoms with E-state index in [0.29, 0.717) is 6.47 Å². The van der Waals surface area contributed by atoms with Crippen LogP contribution in [-0.4, -0.2) is 28.3 Å². The molecule has 0 fully saturated rings. The molecule has 6 nitrogen and oxygen atoms in total. The molecule has 56 valence electrons. The van der Waals surface area contributed by atoms with E-state index in [1.165, 1.54) is 7.11 Å². The number of carbonyl (C=O) groups is 1. The number of methoxy groups -OCH3 is 1. The predicted octanol–water partition coefficient (Wildman–Crippen LogP) is -1.14. The second-order valence-corrected chi connectivity index (χ2v) is 1.87. The van der Waals surface area contributed by atoms with Crippen LogP contribution in [0.15, 0.2) is 0 Å². The Kier molecular flexibility index (Phi) is 7.23. The van der Waals surface area contributed by atoms with Crippen molar-refractivity contribution in [3.8, 4) is 0 Å². The minimum atomic E-state index is -4.64. The Hall–Kier alpha value is -0.420. The zero-order chi connectivity index (χ0) is 7.91. The van der Waals surface area contributed by atoms with Gasteiger partial charge in [-0.3, -0.25) is 4.79 Å². The van der Waals surface area contributed by atoms with Crippen molar-refractivity contribution in [2.24, 2.45) is 0 Å². The Bertz CT molecular complexity index is 95.4. The second kappa shape index (κ2) is 5.71. The highest BCUT2D eigenvalue weighted by Crippen LogP contribution is 2.25. The molecule has 0 aliphatic carbocycles. The van der Waals surface area contributed by atoms with Crippen LogP contribution in [0.5, 0.6) is 0 Å². The molecule has 0 aromatic rings. The summed E-state index contributed by atoms with van der Waals surface area (Å²) in [5.74, 6) is 0. The summed E-state index contributed by atoms with van der Waals surface area (Å²) in [5.41, 5.74) is 0. The van der Waals surface area contributed by atoms with E-state index in [0.717, 1.165) is 0 Å². The molecule has 0 rings (SSSR count). The van der Waals surface area contributed by atoms with Crippen LogP contribution in [0, 0.1) is 0 Å². The molecular weight excluding hydrogens is 151 g/mol. The first-order chi connectivity index (χ1) is 3.91. The number of rotatable bonds is 1. The van der Waals surface area contributed by atoms with Gasteiger partial charge in [0.25, 0.3) is 6.47 Å². The molecule has 3 N–H and O–H groups in total. The molecule has 0 spiro atoms. The maximum absolute atomic E-state index is 8.95. The van der Waals surface area contributed by atoms with Gasteiger partial charge < -0.3 is 19.4 Å². The summed E-state index contributed by atoms with van der Waals surface area (Å²) in [6.45, 7) is 0.375. The van der Waals surface area contributed by atoms with Gasteiger partial charge in [0.2, 0.25) is 0 Å². The molecule has 0 aromatic heterocycles. The van der Waals surface area contributed by atoms with E-state index in [1.807, 2.05) is 0 Å². The summed E-state index contributed by atoms with van der Waals surface area (Å²) in [6, 6.07) is 0. The van der Waals surface area contributed by atoms with Gasteiger partial charge in [-0.1, -0.05) is 0 Å². The van der Waals surface area contributed by atoms with E-state index in [4.69, 9.17) is 24.0 Å². The molecule has 0 saturated carbocycles. The van der Waals surface area contributed by atoms with E-state index in [2.05, 4.69) is 4.74 Å². The third-order valence-electron chi connectivity index (χ3n) is 0.0962. The fourth-order valence-corrected chi connectivity index (χ4v) is 0. The first-order valence-electron chi connectivity index (χ1n) is 1.66. The van der Waals surface area contributed by atoms with Gasteiger partial charge in [-0.05, 0) is 0 Å². The Morgan fingerprint density at radius 2 is 1.56 bits per heavy atom. The van der Waals surface area contributed by atoms with Gasteiger partial charge >= 0.3 is 7.82 Å². The van der Waals surface area contributed by atoms with Gasteiger partial charge in [0.1, 0.15) is 0 Å². The first kappa shape index (κ1) is 11.4. The van der Waals surface area contributed by atoms with Gasteiger partial charge in [0, 0.05) is 0 Å². The van der Waals surface area contributed by atoms with Crippen LogP contribution in [-0.2, 0) is 14.1 Å². The van der Waals surface area contributed by atoms with Crippen molar-refractivity contribution < 1.29 is 28.8 Å². The molecule has 0 heterocycles. The SMILES string of the molecule is COC=O.O=P(O)(O)O. The summed E-state index contributed by atoms with van der Waals surface area (Å²) in [6.07, 6.45) is 0. The molecule has 0 atom stereocenters. The lowest BCUT2D eigenvalue weighted by molar-refractivity contribution is -0.126. The van der Waals surface area contributed by atoms with Crippen molar-refractivity contribution >= 4 is 14.3 Å². The van der Waals surface area contributed by atoms with E-state index in [1.54, 1.807) is 0 Å². The third-order valence-corrected chi connectivity index (χ3v) is 0.0962. The van der Waals surface area contributed by atoms with Crippen molar-refractivity contribution in [3.63, 3.8) is 0 Å². The van der Waals surface area contributed by atoms with Gasteiger partial charge in [-0.25, -0.2) is 4.57 Å². The Morgan fingerprint density at radius 1 is 1.44 bits per heavy atom. The molecule has 0 aliphatic rings. The number of hydrogen-bond acceptors (Lipinski definition) is 3. The van der Waals surface area contributed by atoms with Crippen LogP contribution in [0.3, 0.4) is 0 Å². The molecule has 0 radical (unpaired) electrons. The van der Waals surface area contributed by atoms with Crippen molar-refractivity contribution in [1.29, 1.82) is 0 Å². The van der Waals surface area contributed by atoms with Crippen LogP contribution in [0.4, 0.5) is 0 Å². The lowest BCUT2D eigenvalue weighted by Gasteiger charge is -1.82. The predicted molar refractivity (Wildman–Crippen MR) is 27.3 cm³/mol. The quantitative estimate of drug-likeness (QED) is 0.329. The zero-order valence-electron chi connectivity index (χ0n) is 4.59. The normalized spacial score (nSPS) is 8.89. The molecular formula is C2H7O6P. The van der Waals surface area contributed by atoms with Crippen LogP contribution >= 0.6 is 7.82 Å². The van der Waals surface area contributed by atoms with Crippen molar-refractivity contribution in [2.75, 3.05) is 7.11 Å². The molecule has 0 aliphatic heterocycles. The molecule has 0 saturated heterocycles. The molecule has 0 amide bonds. The summed E-state index contributed by atoms with van der Waals surface area (Å²) in [4.78, 5) is 30.5. The van der Waals surface area contributed by atoms with Crippen molar-refractivity contribution in [3.05, 3.63) is 0 Å². The fraction of sp³-hybridized carbons (Fsp3) is 0.500. The number of hydrogen-bond donors (Lipinski definition) is 3. The summed E-state index contributed by atoms with van der Waals surface area (Å²) in [5, 5.41) is 0. The van der Waals surface area contributed by atoms with E-state index < -0.39 is 7.82 Å². The zero-order valence-corrected chi connectivity index (χ0v) is 5.49. The summed E-state index contributed by atoms with van der Waals surface area (Å²) < 4.78 is 12.7. The molecule has 0 bridgehead atoms. The first-order valence-corrected chi connectivity index (χ1v) is 3.23. The lowest BCUT2D eigenvalue weighted by Crippen LogP contribution is -1.68. The smallest absolute Gasteiger partial charge is 0.466 e. The highest BCUT2D eigenvalue weighted by atomic mass is 31.2. The largest absolute Gasteiger partial charge is 0.471 e. The average molecular weight is 158 g/mol. The Labute approximate surface area is 51.3 Å². The molecule has 7 heteroatoms. The van der Waals surface area contributed by atoms with E-state index >= 15 is 0 Å². The topological polar surface area (TPSA) is 104 Å². The Morgan fingerprint density at radius 3 is 1.56 bits per heavy atom. The van der Waals surface area contributed by atoms with Crippen LogP contribution < -0.4 is 0 Å². The monoisotopic (exact) mass is 158 g/mol. The van der Waals surface area contributed by atoms with Crippen molar-refractivity contribution in [1.82, 2.24) is 0 Å². The Balaban J connectivity index is 0. The van der Waals surface area contributed by atoms with Gasteiger partial charge in [0.15, 0.2) is 0 Å². The summed E-state index contributed by atoms with van der Waals surface area (Å²) in [7, 11) is -3.33. The standard InChI is InChI=1S/C2H4O2.H3O4P/c1-4-2-3;1-5(2,3)4/h2H,1H3;(H3,1,2,3,4). The highest BCUT2D eigenvalue weighted by Gasteiger charge is 2.00. The molecule has 0 aromatic carbocycles. The minimum absolute atomic E-state index is 0.375. The highest BCUT2D eigenvalue weighted by molar-refractivity contribution is 7.45. The maximum atomic E-state index is 8.95. The number of phosphoric acid groups is 1. The van der Waals surface area contributed by atoms with Crippen molar-refractivity contribution in [2.45, 2.75) is 0 Å². The minimum Gasteiger partial charge on any atom is -0.471 e. The third kappa shape index (κ3) is 702. The fourth-order valence-electron chi connectivity index (χ4n) is 0. The van der Waals surface area contributed by atoms with E-state index in [-0.39, 0.29) is 0 Å². The lowest BCUT2D eigenvalue weighted by atomic mass is 11.5. The molecule has 9 heavy (non-hydrogen) atoms. The number of carbonyl (C=O) groups excluding carboxylic acids is 1. The maximum Gasteiger partial charge on any atom is 0.466 e. The van der Waals surface area contributed by atoms with Crippen LogP contribution in [0.2, 0.25) is 0 Å². The molecule has 0 unspecified atom stereocenters. The summed E-state index contributed by atoms with van der Waals surface area (Å²) >= 11 is 0. The van der Waals surface area contributed by atoms with Gasteiger partial charge in [-0.2, -0.15) is 0 Å². The number of ether oxygens (including phenoxy) is 1. The average Bonchev–Trinajstić information content (AvgIpc) is 1.61. The second-order valence-electron chi connectivity index (χ2n) is 0.845. The van der Waals surface area contributed by atoms with Gasteiger partial charge in [-0.15, -0.1) is 0 Å².